The summed E-state index contributed by atoms with van der Waals surface area (Å²) in [7, 11) is 0. The Morgan fingerprint density at radius 2 is 1.84 bits per heavy atom. The zero-order valence-corrected chi connectivity index (χ0v) is 24.0. The van der Waals surface area contributed by atoms with E-state index in [1.54, 1.807) is 6.20 Å². The first-order valence-electron chi connectivity index (χ1n) is 12.6. The van der Waals surface area contributed by atoms with Crippen molar-refractivity contribution in [3.8, 4) is 5.69 Å². The topological polar surface area (TPSA) is 62.2 Å². The lowest BCUT2D eigenvalue weighted by Crippen LogP contribution is -2.32. The quantitative estimate of drug-likeness (QED) is 0.240. The van der Waals surface area contributed by atoms with Crippen molar-refractivity contribution in [3.05, 3.63) is 112 Å². The maximum atomic E-state index is 12.9. The third-order valence-corrected chi connectivity index (χ3v) is 7.98. The summed E-state index contributed by atoms with van der Waals surface area (Å²) in [6.45, 7) is 6.75. The molecule has 38 heavy (non-hydrogen) atoms. The van der Waals surface area contributed by atoms with Gasteiger partial charge < -0.3 is 20.1 Å². The summed E-state index contributed by atoms with van der Waals surface area (Å²) in [6.07, 6.45) is 2.11. The van der Waals surface area contributed by atoms with Gasteiger partial charge in [-0.05, 0) is 103 Å². The number of hydrogen-bond acceptors (Lipinski definition) is 3. The number of anilines is 1. The fourth-order valence-corrected chi connectivity index (χ4v) is 6.04. The minimum absolute atomic E-state index is 0.0443. The SMILES string of the molecule is Cc1cccc(NC(=O)CCN2C(=S)N[C@@H](c3ccccn3)[C@H]2c2cc(C)n(-c3ccccc3Br)c2C)c1. The molecule has 2 N–H and O–H groups in total. The highest BCUT2D eigenvalue weighted by Gasteiger charge is 2.41. The average Bonchev–Trinajstić information content (AvgIpc) is 3.38. The molecule has 0 spiro atoms. The molecule has 1 saturated heterocycles. The van der Waals surface area contributed by atoms with E-state index in [2.05, 4.69) is 73.1 Å². The summed E-state index contributed by atoms with van der Waals surface area (Å²) in [5.41, 5.74) is 7.31. The molecule has 194 valence electrons. The van der Waals surface area contributed by atoms with Crippen molar-refractivity contribution in [3.63, 3.8) is 0 Å². The van der Waals surface area contributed by atoms with Crippen molar-refractivity contribution in [2.24, 2.45) is 0 Å². The van der Waals surface area contributed by atoms with Crippen molar-refractivity contribution in [1.29, 1.82) is 0 Å². The Morgan fingerprint density at radius 3 is 2.58 bits per heavy atom. The van der Waals surface area contributed by atoms with Crippen molar-refractivity contribution in [2.45, 2.75) is 39.3 Å². The summed E-state index contributed by atoms with van der Waals surface area (Å²) < 4.78 is 3.29. The van der Waals surface area contributed by atoms with E-state index >= 15 is 0 Å². The monoisotopic (exact) mass is 587 g/mol. The van der Waals surface area contributed by atoms with Crippen LogP contribution in [0.25, 0.3) is 5.69 Å². The second kappa shape index (κ2) is 11.1. The van der Waals surface area contributed by atoms with E-state index < -0.39 is 0 Å². The highest BCUT2D eigenvalue weighted by molar-refractivity contribution is 9.10. The number of thiocarbonyl (C=S) groups is 1. The van der Waals surface area contributed by atoms with E-state index in [1.807, 2.05) is 61.5 Å². The molecule has 2 aromatic heterocycles. The number of carbonyl (C=O) groups excluding carboxylic acids is 1. The third kappa shape index (κ3) is 5.24. The van der Waals surface area contributed by atoms with Gasteiger partial charge in [-0.3, -0.25) is 9.78 Å². The predicted octanol–water partition coefficient (Wildman–Crippen LogP) is 6.56. The molecular weight excluding hydrogens is 558 g/mol. The van der Waals surface area contributed by atoms with Gasteiger partial charge in [-0.15, -0.1) is 0 Å². The Morgan fingerprint density at radius 1 is 1.05 bits per heavy atom. The van der Waals surface area contributed by atoms with Gasteiger partial charge in [0.15, 0.2) is 5.11 Å². The molecule has 1 aliphatic rings. The molecule has 4 aromatic rings. The van der Waals surface area contributed by atoms with Gasteiger partial charge in [-0.1, -0.05) is 30.3 Å². The molecule has 2 aromatic carbocycles. The third-order valence-electron chi connectivity index (χ3n) is 6.96. The number of hydrogen-bond donors (Lipinski definition) is 2. The molecule has 1 aliphatic heterocycles. The zero-order chi connectivity index (χ0) is 26.8. The number of benzene rings is 2. The Labute approximate surface area is 237 Å². The van der Waals surface area contributed by atoms with Crippen LogP contribution < -0.4 is 10.6 Å². The van der Waals surface area contributed by atoms with Crippen LogP contribution in [0.15, 0.2) is 83.5 Å². The number of para-hydroxylation sites is 1. The molecule has 3 heterocycles. The van der Waals surface area contributed by atoms with Crippen molar-refractivity contribution in [1.82, 2.24) is 19.8 Å². The Balaban J connectivity index is 1.48. The highest BCUT2D eigenvalue weighted by Crippen LogP contribution is 2.42. The number of amides is 1. The number of pyridine rings is 1. The van der Waals surface area contributed by atoms with Gasteiger partial charge in [0.05, 0.1) is 23.5 Å². The lowest BCUT2D eigenvalue weighted by molar-refractivity contribution is -0.116. The van der Waals surface area contributed by atoms with Crippen LogP contribution in [0.5, 0.6) is 0 Å². The number of carbonyl (C=O) groups is 1. The number of halogens is 1. The summed E-state index contributed by atoms with van der Waals surface area (Å²) in [6, 6.07) is 23.9. The lowest BCUT2D eigenvalue weighted by Gasteiger charge is -2.28. The van der Waals surface area contributed by atoms with Gasteiger partial charge in [0.2, 0.25) is 5.91 Å². The van der Waals surface area contributed by atoms with E-state index in [-0.39, 0.29) is 18.0 Å². The van der Waals surface area contributed by atoms with Crippen LogP contribution in [0.4, 0.5) is 5.69 Å². The maximum absolute atomic E-state index is 12.9. The Kier molecular flexibility index (Phi) is 7.63. The molecule has 2 atom stereocenters. The largest absolute Gasteiger partial charge is 0.352 e. The maximum Gasteiger partial charge on any atom is 0.226 e. The fraction of sp³-hybridized carbons (Fsp3) is 0.233. The number of aryl methyl sites for hydroxylation is 2. The molecular formula is C30H30BrN5OS. The van der Waals surface area contributed by atoms with Crippen LogP contribution >= 0.6 is 28.1 Å². The van der Waals surface area contributed by atoms with Gasteiger partial charge in [0.1, 0.15) is 0 Å². The first-order chi connectivity index (χ1) is 18.3. The molecule has 0 unspecified atom stereocenters. The molecule has 1 amide bonds. The number of nitrogens with one attached hydrogen (secondary N) is 2. The first kappa shape index (κ1) is 26.1. The van der Waals surface area contributed by atoms with Crippen LogP contribution in [0.2, 0.25) is 0 Å². The predicted molar refractivity (Wildman–Crippen MR) is 160 cm³/mol. The zero-order valence-electron chi connectivity index (χ0n) is 21.6. The first-order valence-corrected chi connectivity index (χ1v) is 13.8. The van der Waals surface area contributed by atoms with Crippen molar-refractivity contribution in [2.75, 3.05) is 11.9 Å². The Bertz CT molecular complexity index is 1490. The molecule has 5 rings (SSSR count). The van der Waals surface area contributed by atoms with E-state index in [0.717, 1.165) is 44.1 Å². The Hall–Kier alpha value is -3.49. The molecule has 0 radical (unpaired) electrons. The van der Waals surface area contributed by atoms with Gasteiger partial charge in [0, 0.05) is 40.7 Å². The summed E-state index contributed by atoms with van der Waals surface area (Å²) in [5.74, 6) is -0.0443. The van der Waals surface area contributed by atoms with Crippen LogP contribution in [0.3, 0.4) is 0 Å². The highest BCUT2D eigenvalue weighted by atomic mass is 79.9. The van der Waals surface area contributed by atoms with Gasteiger partial charge in [-0.25, -0.2) is 0 Å². The second-order valence-electron chi connectivity index (χ2n) is 9.60. The summed E-state index contributed by atoms with van der Waals surface area (Å²) in [4.78, 5) is 19.7. The smallest absolute Gasteiger partial charge is 0.226 e. The molecule has 0 bridgehead atoms. The normalized spacial score (nSPS) is 16.9. The molecule has 0 saturated carbocycles. The number of aromatic nitrogens is 2. The van der Waals surface area contributed by atoms with Gasteiger partial charge in [0.25, 0.3) is 0 Å². The van der Waals surface area contributed by atoms with Crippen LogP contribution in [-0.2, 0) is 4.79 Å². The van der Waals surface area contributed by atoms with Gasteiger partial charge >= 0.3 is 0 Å². The standard InChI is InChI=1S/C30H30BrN5OS/c1-19-9-8-10-22(17-19)33-27(37)14-16-35-29(28(34-30(35)38)25-12-6-7-15-32-25)23-18-20(2)36(21(23)3)26-13-5-4-11-24(26)31/h4-13,15,17-18,28-29H,14,16H2,1-3H3,(H,33,37)(H,34,38)/t28-,29+/m0/s1. The van der Waals surface area contributed by atoms with E-state index in [9.17, 15) is 4.79 Å². The molecule has 0 aliphatic carbocycles. The second-order valence-corrected chi connectivity index (χ2v) is 10.8. The van der Waals surface area contributed by atoms with E-state index in [4.69, 9.17) is 12.2 Å². The van der Waals surface area contributed by atoms with Crippen LogP contribution in [0, 0.1) is 20.8 Å². The molecule has 1 fully saturated rings. The van der Waals surface area contributed by atoms with E-state index in [0.29, 0.717) is 18.1 Å². The van der Waals surface area contributed by atoms with Crippen LogP contribution in [0.1, 0.15) is 46.7 Å². The molecule has 8 heteroatoms. The fourth-order valence-electron chi connectivity index (χ4n) is 5.24. The summed E-state index contributed by atoms with van der Waals surface area (Å²) >= 11 is 9.55. The number of nitrogens with zero attached hydrogens (tertiary/aromatic N) is 3. The number of rotatable bonds is 7. The van der Waals surface area contributed by atoms with Crippen LogP contribution in [-0.4, -0.2) is 32.0 Å². The van der Waals surface area contributed by atoms with E-state index in [1.165, 1.54) is 0 Å². The summed E-state index contributed by atoms with van der Waals surface area (Å²) in [5, 5.41) is 7.15. The minimum atomic E-state index is -0.142. The van der Waals surface area contributed by atoms with Gasteiger partial charge in [-0.2, -0.15) is 0 Å². The molecule has 6 nitrogen and oxygen atoms in total. The average molecular weight is 589 g/mol. The van der Waals surface area contributed by atoms with Crippen molar-refractivity contribution < 1.29 is 4.79 Å². The lowest BCUT2D eigenvalue weighted by atomic mass is 9.96. The minimum Gasteiger partial charge on any atom is -0.352 e. The van der Waals surface area contributed by atoms with Crippen molar-refractivity contribution >= 4 is 44.9 Å².